The molecule has 0 radical (unpaired) electrons. The summed E-state index contributed by atoms with van der Waals surface area (Å²) in [5, 5.41) is 3.80. The van der Waals surface area contributed by atoms with E-state index in [9.17, 15) is 14.0 Å². The van der Waals surface area contributed by atoms with Crippen LogP contribution in [0.15, 0.2) is 42.5 Å². The highest BCUT2D eigenvalue weighted by atomic mass is 35.5. The molecule has 0 bridgehead atoms. The quantitative estimate of drug-likeness (QED) is 0.769. The number of hydrogen-bond donors (Lipinski definition) is 1. The molecule has 2 amide bonds. The van der Waals surface area contributed by atoms with Gasteiger partial charge >= 0.3 is 0 Å². The largest absolute Gasteiger partial charge is 0.350 e. The molecule has 0 aliphatic carbocycles. The van der Waals surface area contributed by atoms with E-state index in [0.717, 1.165) is 5.56 Å². The molecule has 0 heterocycles. The molecule has 2 aromatic rings. The molecule has 0 saturated heterocycles. The van der Waals surface area contributed by atoms with E-state index in [1.54, 1.807) is 17.0 Å². The van der Waals surface area contributed by atoms with Crippen LogP contribution in [0.2, 0.25) is 10.0 Å². The number of nitrogens with zero attached hydrogens (tertiary/aromatic N) is 1. The summed E-state index contributed by atoms with van der Waals surface area (Å²) in [6.07, 6.45) is 0.577. The van der Waals surface area contributed by atoms with Crippen molar-refractivity contribution in [3.8, 4) is 0 Å². The Kier molecular flexibility index (Phi) is 7.42. The second kappa shape index (κ2) is 9.55. The SMILES string of the molecule is CC(=O)N(CCNC(=O)c1cccc(F)c1)CCc1ccc(Cl)cc1Cl. The fraction of sp³-hybridized carbons (Fsp3) is 0.263. The highest BCUT2D eigenvalue weighted by Gasteiger charge is 2.12. The van der Waals surface area contributed by atoms with E-state index in [1.165, 1.54) is 31.2 Å². The molecule has 7 heteroatoms. The zero-order valence-corrected chi connectivity index (χ0v) is 15.8. The Morgan fingerprint density at radius 3 is 2.54 bits per heavy atom. The number of amides is 2. The first-order valence-corrected chi connectivity index (χ1v) is 8.85. The Morgan fingerprint density at radius 2 is 1.88 bits per heavy atom. The molecule has 0 unspecified atom stereocenters. The minimum atomic E-state index is -0.470. The molecule has 0 fully saturated rings. The van der Waals surface area contributed by atoms with Crippen molar-refractivity contribution >= 4 is 35.0 Å². The van der Waals surface area contributed by atoms with Crippen LogP contribution >= 0.6 is 23.2 Å². The fourth-order valence-corrected chi connectivity index (χ4v) is 2.95. The molecule has 26 heavy (non-hydrogen) atoms. The Bertz CT molecular complexity index is 799. The van der Waals surface area contributed by atoms with Crippen LogP contribution in [0.4, 0.5) is 4.39 Å². The second-order valence-corrected chi connectivity index (χ2v) is 6.60. The average molecular weight is 397 g/mol. The Balaban J connectivity index is 1.86. The van der Waals surface area contributed by atoms with Crippen molar-refractivity contribution in [1.29, 1.82) is 0 Å². The van der Waals surface area contributed by atoms with Gasteiger partial charge in [0.25, 0.3) is 5.91 Å². The van der Waals surface area contributed by atoms with Crippen molar-refractivity contribution in [2.24, 2.45) is 0 Å². The van der Waals surface area contributed by atoms with Crippen molar-refractivity contribution in [2.75, 3.05) is 19.6 Å². The maximum Gasteiger partial charge on any atom is 0.251 e. The first kappa shape index (κ1) is 20.2. The number of hydrogen-bond acceptors (Lipinski definition) is 2. The monoisotopic (exact) mass is 396 g/mol. The minimum Gasteiger partial charge on any atom is -0.350 e. The number of nitrogens with one attached hydrogen (secondary N) is 1. The normalized spacial score (nSPS) is 10.5. The summed E-state index contributed by atoms with van der Waals surface area (Å²) in [6.45, 7) is 2.55. The summed E-state index contributed by atoms with van der Waals surface area (Å²) in [5.74, 6) is -0.952. The topological polar surface area (TPSA) is 49.4 Å². The number of carbonyl (C=O) groups is 2. The lowest BCUT2D eigenvalue weighted by Crippen LogP contribution is -2.38. The summed E-state index contributed by atoms with van der Waals surface area (Å²) in [6, 6.07) is 10.7. The van der Waals surface area contributed by atoms with E-state index in [1.807, 2.05) is 6.07 Å². The average Bonchev–Trinajstić information content (AvgIpc) is 2.58. The van der Waals surface area contributed by atoms with Crippen molar-refractivity contribution in [3.05, 3.63) is 69.5 Å². The van der Waals surface area contributed by atoms with Gasteiger partial charge in [-0.2, -0.15) is 0 Å². The molecular weight excluding hydrogens is 378 g/mol. The van der Waals surface area contributed by atoms with Gasteiger partial charge in [-0.3, -0.25) is 9.59 Å². The maximum absolute atomic E-state index is 13.2. The van der Waals surface area contributed by atoms with E-state index in [0.29, 0.717) is 29.6 Å². The number of halogens is 3. The van der Waals surface area contributed by atoms with Gasteiger partial charge in [-0.25, -0.2) is 4.39 Å². The summed E-state index contributed by atoms with van der Waals surface area (Å²) in [5.41, 5.74) is 1.14. The van der Waals surface area contributed by atoms with Crippen molar-refractivity contribution in [3.63, 3.8) is 0 Å². The lowest BCUT2D eigenvalue weighted by Gasteiger charge is -2.21. The van der Waals surface area contributed by atoms with Gasteiger partial charge < -0.3 is 10.2 Å². The van der Waals surface area contributed by atoms with Crippen LogP contribution in [0, 0.1) is 5.82 Å². The standard InChI is InChI=1S/C19H19Cl2FN2O2/c1-13(25)24(9-7-14-5-6-16(20)12-18(14)21)10-8-23-19(26)15-3-2-4-17(22)11-15/h2-6,11-12H,7-10H2,1H3,(H,23,26). The van der Waals surface area contributed by atoms with E-state index >= 15 is 0 Å². The van der Waals surface area contributed by atoms with Crippen LogP contribution in [0.25, 0.3) is 0 Å². The van der Waals surface area contributed by atoms with Crippen molar-refractivity contribution < 1.29 is 14.0 Å². The molecule has 0 aliphatic rings. The predicted octanol–water partition coefficient (Wildman–Crippen LogP) is 3.95. The number of benzene rings is 2. The first-order valence-electron chi connectivity index (χ1n) is 8.10. The van der Waals surface area contributed by atoms with Crippen LogP contribution in [-0.2, 0) is 11.2 Å². The molecule has 0 aliphatic heterocycles. The van der Waals surface area contributed by atoms with Gasteiger partial charge in [0.15, 0.2) is 0 Å². The van der Waals surface area contributed by atoms with E-state index in [-0.39, 0.29) is 23.9 Å². The molecule has 1 N–H and O–H groups in total. The van der Waals surface area contributed by atoms with Crippen molar-refractivity contribution in [1.82, 2.24) is 10.2 Å². The van der Waals surface area contributed by atoms with Gasteiger partial charge in [-0.15, -0.1) is 0 Å². The smallest absolute Gasteiger partial charge is 0.251 e. The lowest BCUT2D eigenvalue weighted by molar-refractivity contribution is -0.128. The van der Waals surface area contributed by atoms with Crippen LogP contribution in [0.5, 0.6) is 0 Å². The third-order valence-corrected chi connectivity index (χ3v) is 4.45. The Morgan fingerprint density at radius 1 is 1.12 bits per heavy atom. The summed E-state index contributed by atoms with van der Waals surface area (Å²) < 4.78 is 13.2. The molecular formula is C19H19Cl2FN2O2. The van der Waals surface area contributed by atoms with Crippen LogP contribution in [0.3, 0.4) is 0 Å². The maximum atomic E-state index is 13.2. The van der Waals surface area contributed by atoms with Crippen LogP contribution < -0.4 is 5.32 Å². The summed E-state index contributed by atoms with van der Waals surface area (Å²) >= 11 is 12.0. The van der Waals surface area contributed by atoms with Crippen LogP contribution in [-0.4, -0.2) is 36.3 Å². The zero-order chi connectivity index (χ0) is 19.1. The fourth-order valence-electron chi connectivity index (χ4n) is 2.44. The third kappa shape index (κ3) is 6.00. The summed E-state index contributed by atoms with van der Waals surface area (Å²) in [4.78, 5) is 25.4. The molecule has 2 aromatic carbocycles. The molecule has 0 aromatic heterocycles. The van der Waals surface area contributed by atoms with Gasteiger partial charge in [-0.05, 0) is 42.3 Å². The molecule has 0 saturated carbocycles. The summed E-state index contributed by atoms with van der Waals surface area (Å²) in [7, 11) is 0. The highest BCUT2D eigenvalue weighted by Crippen LogP contribution is 2.21. The predicted molar refractivity (Wildman–Crippen MR) is 101 cm³/mol. The first-order chi connectivity index (χ1) is 12.4. The van der Waals surface area contributed by atoms with Gasteiger partial charge in [0.2, 0.25) is 5.91 Å². The zero-order valence-electron chi connectivity index (χ0n) is 14.3. The van der Waals surface area contributed by atoms with Gasteiger partial charge in [0.1, 0.15) is 5.82 Å². The Labute approximate surface area is 161 Å². The number of rotatable bonds is 7. The van der Waals surface area contributed by atoms with Gasteiger partial charge in [0, 0.05) is 42.2 Å². The highest BCUT2D eigenvalue weighted by molar-refractivity contribution is 6.35. The molecule has 0 spiro atoms. The van der Waals surface area contributed by atoms with Gasteiger partial charge in [0.05, 0.1) is 0 Å². The van der Waals surface area contributed by atoms with Crippen LogP contribution in [0.1, 0.15) is 22.8 Å². The lowest BCUT2D eigenvalue weighted by atomic mass is 10.1. The van der Waals surface area contributed by atoms with E-state index in [4.69, 9.17) is 23.2 Å². The molecule has 2 rings (SSSR count). The molecule has 4 nitrogen and oxygen atoms in total. The number of carbonyl (C=O) groups excluding carboxylic acids is 2. The second-order valence-electron chi connectivity index (χ2n) is 5.76. The van der Waals surface area contributed by atoms with Gasteiger partial charge in [-0.1, -0.05) is 35.3 Å². The minimum absolute atomic E-state index is 0.102. The third-order valence-electron chi connectivity index (χ3n) is 3.87. The van der Waals surface area contributed by atoms with Crippen molar-refractivity contribution in [2.45, 2.75) is 13.3 Å². The molecule has 0 atom stereocenters. The molecule has 138 valence electrons. The van der Waals surface area contributed by atoms with E-state index in [2.05, 4.69) is 5.32 Å². The van der Waals surface area contributed by atoms with E-state index < -0.39 is 5.82 Å². The Hall–Kier alpha value is -2.11.